The second-order valence-electron chi connectivity index (χ2n) is 6.00. The molecule has 0 unspecified atom stereocenters. The number of nitrogens with one attached hydrogen (secondary N) is 1. The highest BCUT2D eigenvalue weighted by Gasteiger charge is 2.32. The van der Waals surface area contributed by atoms with Crippen molar-refractivity contribution >= 4 is 5.91 Å². The Balaban J connectivity index is 1.46. The summed E-state index contributed by atoms with van der Waals surface area (Å²) in [4.78, 5) is 16.3. The molecule has 2 saturated heterocycles. The third-order valence-corrected chi connectivity index (χ3v) is 4.51. The molecule has 4 nitrogen and oxygen atoms in total. The monoisotopic (exact) mass is 251 g/mol. The topological polar surface area (TPSA) is 35.6 Å². The molecule has 1 amide bonds. The van der Waals surface area contributed by atoms with Crippen molar-refractivity contribution in [2.45, 2.75) is 50.6 Å². The first-order valence-electron chi connectivity index (χ1n) is 7.58. The molecule has 3 rings (SSSR count). The summed E-state index contributed by atoms with van der Waals surface area (Å²) in [5, 5.41) is 3.58. The Hall–Kier alpha value is -0.610. The van der Waals surface area contributed by atoms with Gasteiger partial charge in [0.15, 0.2) is 0 Å². The first kappa shape index (κ1) is 12.4. The summed E-state index contributed by atoms with van der Waals surface area (Å²) < 4.78 is 0. The van der Waals surface area contributed by atoms with Gasteiger partial charge in [-0.2, -0.15) is 0 Å². The molecule has 3 fully saturated rings. The van der Waals surface area contributed by atoms with Gasteiger partial charge in [0, 0.05) is 44.7 Å². The molecular weight excluding hydrogens is 226 g/mol. The zero-order valence-corrected chi connectivity index (χ0v) is 11.2. The molecule has 0 bridgehead atoms. The molecule has 102 valence electrons. The van der Waals surface area contributed by atoms with Gasteiger partial charge in [0.1, 0.15) is 0 Å². The second-order valence-corrected chi connectivity index (χ2v) is 6.00. The highest BCUT2D eigenvalue weighted by molar-refractivity contribution is 5.78. The van der Waals surface area contributed by atoms with Gasteiger partial charge in [-0.1, -0.05) is 0 Å². The Morgan fingerprint density at radius 1 is 1.28 bits per heavy atom. The number of hydrogen-bond acceptors (Lipinski definition) is 3. The van der Waals surface area contributed by atoms with Crippen molar-refractivity contribution in [2.24, 2.45) is 0 Å². The van der Waals surface area contributed by atoms with Gasteiger partial charge in [0.05, 0.1) is 0 Å². The van der Waals surface area contributed by atoms with Crippen LogP contribution in [0.1, 0.15) is 38.5 Å². The van der Waals surface area contributed by atoms with E-state index in [-0.39, 0.29) is 0 Å². The number of hydrogen-bond donors (Lipinski definition) is 1. The summed E-state index contributed by atoms with van der Waals surface area (Å²) in [6.45, 7) is 5.39. The molecule has 0 aromatic rings. The maximum Gasteiger partial charge on any atom is 0.222 e. The van der Waals surface area contributed by atoms with Crippen LogP contribution >= 0.6 is 0 Å². The molecule has 0 aromatic heterocycles. The highest BCUT2D eigenvalue weighted by atomic mass is 16.2. The van der Waals surface area contributed by atoms with Crippen molar-refractivity contribution in [3.8, 4) is 0 Å². The largest absolute Gasteiger partial charge is 0.341 e. The van der Waals surface area contributed by atoms with E-state index in [2.05, 4.69) is 15.1 Å². The standard InChI is InChI=1S/C14H25N3O/c18-14-4-2-8-16(14)9-10-17(13-5-6-13)11-12-3-1-7-15-12/h12-13,15H,1-11H2/t12-/m1/s1. The molecule has 4 heteroatoms. The molecule has 0 radical (unpaired) electrons. The van der Waals surface area contributed by atoms with Crippen LogP contribution in [-0.2, 0) is 4.79 Å². The van der Waals surface area contributed by atoms with E-state index in [1.165, 1.54) is 38.8 Å². The first-order valence-corrected chi connectivity index (χ1v) is 7.58. The van der Waals surface area contributed by atoms with Crippen LogP contribution in [0, 0.1) is 0 Å². The van der Waals surface area contributed by atoms with E-state index < -0.39 is 0 Å². The predicted molar refractivity (Wildman–Crippen MR) is 71.4 cm³/mol. The SMILES string of the molecule is O=C1CCCN1CCN(C[C@H]1CCCN1)C1CC1. The number of carbonyl (C=O) groups is 1. The van der Waals surface area contributed by atoms with Crippen LogP contribution in [0.3, 0.4) is 0 Å². The highest BCUT2D eigenvalue weighted by Crippen LogP contribution is 2.27. The lowest BCUT2D eigenvalue weighted by Crippen LogP contribution is -2.43. The molecule has 0 aromatic carbocycles. The second kappa shape index (κ2) is 5.57. The number of carbonyl (C=O) groups excluding carboxylic acids is 1. The average molecular weight is 251 g/mol. The number of nitrogens with zero attached hydrogens (tertiary/aromatic N) is 2. The van der Waals surface area contributed by atoms with Crippen LogP contribution in [0.15, 0.2) is 0 Å². The van der Waals surface area contributed by atoms with Crippen LogP contribution in [0.4, 0.5) is 0 Å². The van der Waals surface area contributed by atoms with Crippen molar-refractivity contribution in [1.29, 1.82) is 0 Å². The fraction of sp³-hybridized carbons (Fsp3) is 0.929. The molecule has 1 saturated carbocycles. The minimum Gasteiger partial charge on any atom is -0.341 e. The molecule has 2 heterocycles. The zero-order valence-electron chi connectivity index (χ0n) is 11.2. The fourth-order valence-electron chi connectivity index (χ4n) is 3.25. The minimum absolute atomic E-state index is 0.365. The third-order valence-electron chi connectivity index (χ3n) is 4.51. The number of likely N-dealkylation sites (tertiary alicyclic amines) is 1. The van der Waals surface area contributed by atoms with Gasteiger partial charge in [0.2, 0.25) is 5.91 Å². The van der Waals surface area contributed by atoms with E-state index in [0.29, 0.717) is 11.9 Å². The van der Waals surface area contributed by atoms with Crippen molar-refractivity contribution in [1.82, 2.24) is 15.1 Å². The van der Waals surface area contributed by atoms with E-state index in [0.717, 1.165) is 38.5 Å². The molecule has 2 aliphatic heterocycles. The van der Waals surface area contributed by atoms with Crippen LogP contribution in [0.25, 0.3) is 0 Å². The Kier molecular flexibility index (Phi) is 3.85. The fourth-order valence-corrected chi connectivity index (χ4v) is 3.25. The average Bonchev–Trinajstić information content (AvgIpc) is 2.93. The van der Waals surface area contributed by atoms with Crippen molar-refractivity contribution in [2.75, 3.05) is 32.7 Å². The third kappa shape index (κ3) is 3.04. The van der Waals surface area contributed by atoms with Gasteiger partial charge in [-0.15, -0.1) is 0 Å². The Labute approximate surface area is 110 Å². The molecule has 1 aliphatic carbocycles. The van der Waals surface area contributed by atoms with Gasteiger partial charge in [0.25, 0.3) is 0 Å². The van der Waals surface area contributed by atoms with Crippen molar-refractivity contribution in [3.05, 3.63) is 0 Å². The minimum atomic E-state index is 0.365. The summed E-state index contributed by atoms with van der Waals surface area (Å²) in [7, 11) is 0. The quantitative estimate of drug-likeness (QED) is 0.759. The molecule has 18 heavy (non-hydrogen) atoms. The molecule has 3 aliphatic rings. The summed E-state index contributed by atoms with van der Waals surface area (Å²) in [5.41, 5.74) is 0. The van der Waals surface area contributed by atoms with E-state index in [1.54, 1.807) is 0 Å². The number of rotatable bonds is 6. The molecule has 1 atom stereocenters. The Morgan fingerprint density at radius 2 is 2.17 bits per heavy atom. The Morgan fingerprint density at radius 3 is 2.78 bits per heavy atom. The van der Waals surface area contributed by atoms with E-state index >= 15 is 0 Å². The lowest BCUT2D eigenvalue weighted by molar-refractivity contribution is -0.127. The lowest BCUT2D eigenvalue weighted by atomic mass is 10.2. The van der Waals surface area contributed by atoms with E-state index in [1.807, 2.05) is 0 Å². The molecular formula is C14H25N3O. The maximum atomic E-state index is 11.6. The van der Waals surface area contributed by atoms with Crippen LogP contribution in [0.5, 0.6) is 0 Å². The smallest absolute Gasteiger partial charge is 0.222 e. The Bertz CT molecular complexity index is 297. The summed E-state index contributed by atoms with van der Waals surface area (Å²) in [5.74, 6) is 0.365. The van der Waals surface area contributed by atoms with Gasteiger partial charge in [-0.05, 0) is 38.6 Å². The predicted octanol–water partition coefficient (Wildman–Crippen LogP) is 0.825. The van der Waals surface area contributed by atoms with Gasteiger partial charge in [-0.3, -0.25) is 9.69 Å². The van der Waals surface area contributed by atoms with E-state index in [9.17, 15) is 4.79 Å². The lowest BCUT2D eigenvalue weighted by Gasteiger charge is -2.27. The maximum absolute atomic E-state index is 11.6. The number of amides is 1. The van der Waals surface area contributed by atoms with Crippen molar-refractivity contribution < 1.29 is 4.79 Å². The zero-order chi connectivity index (χ0) is 12.4. The van der Waals surface area contributed by atoms with Crippen molar-refractivity contribution in [3.63, 3.8) is 0 Å². The van der Waals surface area contributed by atoms with Crippen LogP contribution in [-0.4, -0.2) is 60.5 Å². The van der Waals surface area contributed by atoms with Crippen LogP contribution < -0.4 is 5.32 Å². The summed E-state index contributed by atoms with van der Waals surface area (Å²) in [6, 6.07) is 1.50. The van der Waals surface area contributed by atoms with E-state index in [4.69, 9.17) is 0 Å². The van der Waals surface area contributed by atoms with Gasteiger partial charge in [-0.25, -0.2) is 0 Å². The van der Waals surface area contributed by atoms with Gasteiger partial charge < -0.3 is 10.2 Å². The summed E-state index contributed by atoms with van der Waals surface area (Å²) in [6.07, 6.45) is 7.21. The molecule has 1 N–H and O–H groups in total. The first-order chi connectivity index (χ1) is 8.83. The van der Waals surface area contributed by atoms with Gasteiger partial charge >= 0.3 is 0 Å². The molecule has 0 spiro atoms. The normalized spacial score (nSPS) is 28.6. The summed E-state index contributed by atoms with van der Waals surface area (Å²) >= 11 is 0. The van der Waals surface area contributed by atoms with Crippen LogP contribution in [0.2, 0.25) is 0 Å².